The fourth-order valence-electron chi connectivity index (χ4n) is 2.90. The maximum absolute atomic E-state index is 13.8. The molecule has 0 bridgehead atoms. The SMILES string of the molecule is NC(=O)OC[C@H]1CCCN(c2c([N+](=O)[O-])ccc(F)c2C(F)(F)F)C1. The highest BCUT2D eigenvalue weighted by Crippen LogP contribution is 2.44. The van der Waals surface area contributed by atoms with Crippen molar-refractivity contribution >= 4 is 17.5 Å². The van der Waals surface area contributed by atoms with Crippen LogP contribution >= 0.6 is 0 Å². The van der Waals surface area contributed by atoms with Crippen LogP contribution in [-0.2, 0) is 10.9 Å². The van der Waals surface area contributed by atoms with Gasteiger partial charge in [-0.25, -0.2) is 9.18 Å². The Balaban J connectivity index is 2.43. The molecule has 2 rings (SSSR count). The molecule has 1 aliphatic rings. The van der Waals surface area contributed by atoms with Gasteiger partial charge in [0.05, 0.1) is 11.5 Å². The van der Waals surface area contributed by atoms with Crippen LogP contribution in [-0.4, -0.2) is 30.7 Å². The predicted molar refractivity (Wildman–Crippen MR) is 78.5 cm³/mol. The number of nitro groups is 1. The maximum Gasteiger partial charge on any atom is 0.421 e. The lowest BCUT2D eigenvalue weighted by Gasteiger charge is -2.35. The van der Waals surface area contributed by atoms with Crippen molar-refractivity contribution in [1.82, 2.24) is 0 Å². The van der Waals surface area contributed by atoms with Crippen molar-refractivity contribution < 1.29 is 32.0 Å². The minimum Gasteiger partial charge on any atom is -0.449 e. The quantitative estimate of drug-likeness (QED) is 0.502. The predicted octanol–water partition coefficient (Wildman–Crippen LogP) is 3.06. The molecule has 0 saturated carbocycles. The summed E-state index contributed by atoms with van der Waals surface area (Å²) in [6.07, 6.45) is -5.18. The molecule has 11 heteroatoms. The summed E-state index contributed by atoms with van der Waals surface area (Å²) in [5.41, 5.74) is 1.56. The van der Waals surface area contributed by atoms with Crippen LogP contribution in [0.25, 0.3) is 0 Å². The Bertz CT molecular complexity index is 681. The van der Waals surface area contributed by atoms with Crippen molar-refractivity contribution in [2.75, 3.05) is 24.6 Å². The third-order valence-corrected chi connectivity index (χ3v) is 3.88. The Morgan fingerprint density at radius 2 is 2.12 bits per heavy atom. The summed E-state index contributed by atoms with van der Waals surface area (Å²) in [5.74, 6) is -1.95. The standard InChI is InChI=1S/C14H15F4N3O4/c15-9-3-4-10(21(23)24)12(11(9)14(16,17)18)20-5-1-2-8(6-20)7-25-13(19)22/h3-4,8H,1-2,5-7H2,(H2,19,22)/t8-/m0/s1. The van der Waals surface area contributed by atoms with E-state index < -0.39 is 39.9 Å². The average Bonchev–Trinajstić information content (AvgIpc) is 2.51. The van der Waals surface area contributed by atoms with Gasteiger partial charge in [-0.15, -0.1) is 0 Å². The van der Waals surface area contributed by atoms with Crippen LogP contribution in [0, 0.1) is 21.8 Å². The fraction of sp³-hybridized carbons (Fsp3) is 0.500. The number of halogens is 4. The lowest BCUT2D eigenvalue weighted by atomic mass is 9.97. The molecule has 0 radical (unpaired) electrons. The molecule has 1 heterocycles. The third-order valence-electron chi connectivity index (χ3n) is 3.88. The van der Waals surface area contributed by atoms with Crippen LogP contribution in [0.5, 0.6) is 0 Å². The molecule has 1 aromatic carbocycles. The van der Waals surface area contributed by atoms with Gasteiger partial charge in [0.1, 0.15) is 17.1 Å². The highest BCUT2D eigenvalue weighted by atomic mass is 19.4. The number of rotatable bonds is 4. The fourth-order valence-corrected chi connectivity index (χ4v) is 2.90. The molecule has 0 aromatic heterocycles. The van der Waals surface area contributed by atoms with E-state index in [2.05, 4.69) is 4.74 Å². The van der Waals surface area contributed by atoms with Crippen molar-refractivity contribution in [2.45, 2.75) is 19.0 Å². The van der Waals surface area contributed by atoms with Crippen molar-refractivity contribution in [3.63, 3.8) is 0 Å². The number of alkyl halides is 3. The van der Waals surface area contributed by atoms with Gasteiger partial charge in [0.25, 0.3) is 5.69 Å². The topological polar surface area (TPSA) is 98.7 Å². The Kier molecular flexibility index (Phi) is 5.33. The smallest absolute Gasteiger partial charge is 0.421 e. The number of hydrogen-bond acceptors (Lipinski definition) is 5. The summed E-state index contributed by atoms with van der Waals surface area (Å²) in [7, 11) is 0. The van der Waals surface area contributed by atoms with Crippen LogP contribution in [0.2, 0.25) is 0 Å². The van der Waals surface area contributed by atoms with Gasteiger partial charge in [0.15, 0.2) is 0 Å². The number of nitrogens with two attached hydrogens (primary N) is 1. The third kappa shape index (κ3) is 4.28. The number of anilines is 1. The number of ether oxygens (including phenoxy) is 1. The zero-order valence-electron chi connectivity index (χ0n) is 12.9. The molecule has 1 fully saturated rings. The van der Waals surface area contributed by atoms with Crippen molar-refractivity contribution in [3.8, 4) is 0 Å². The second-order valence-electron chi connectivity index (χ2n) is 5.63. The van der Waals surface area contributed by atoms with Crippen LogP contribution in [0.15, 0.2) is 12.1 Å². The largest absolute Gasteiger partial charge is 0.449 e. The minimum absolute atomic E-state index is 0.0549. The highest BCUT2D eigenvalue weighted by molar-refractivity contribution is 5.69. The summed E-state index contributed by atoms with van der Waals surface area (Å²) in [4.78, 5) is 22.0. The normalized spacial score (nSPS) is 18.1. The lowest BCUT2D eigenvalue weighted by molar-refractivity contribution is -0.384. The van der Waals surface area contributed by atoms with E-state index in [0.29, 0.717) is 25.0 Å². The number of amides is 1. The monoisotopic (exact) mass is 365 g/mol. The van der Waals surface area contributed by atoms with Crippen LogP contribution < -0.4 is 10.6 Å². The molecule has 1 saturated heterocycles. The molecule has 0 aliphatic carbocycles. The number of carbonyl (C=O) groups is 1. The van der Waals surface area contributed by atoms with E-state index in [1.54, 1.807) is 0 Å². The van der Waals surface area contributed by atoms with E-state index in [4.69, 9.17) is 5.73 Å². The van der Waals surface area contributed by atoms with E-state index in [0.717, 1.165) is 4.90 Å². The second kappa shape index (κ2) is 7.11. The molecule has 0 spiro atoms. The van der Waals surface area contributed by atoms with E-state index in [1.165, 1.54) is 0 Å². The first kappa shape index (κ1) is 18.7. The van der Waals surface area contributed by atoms with Gasteiger partial charge in [0.2, 0.25) is 0 Å². The zero-order valence-corrected chi connectivity index (χ0v) is 12.9. The number of hydrogen-bond donors (Lipinski definition) is 1. The first-order valence-corrected chi connectivity index (χ1v) is 7.32. The Morgan fingerprint density at radius 1 is 1.44 bits per heavy atom. The van der Waals surface area contributed by atoms with Gasteiger partial charge in [-0.1, -0.05) is 0 Å². The van der Waals surface area contributed by atoms with Gasteiger partial charge in [-0.05, 0) is 18.9 Å². The van der Waals surface area contributed by atoms with Crippen molar-refractivity contribution in [2.24, 2.45) is 11.7 Å². The molecule has 138 valence electrons. The molecule has 0 unspecified atom stereocenters. The van der Waals surface area contributed by atoms with Crippen molar-refractivity contribution in [1.29, 1.82) is 0 Å². The molecular formula is C14H15F4N3O4. The molecular weight excluding hydrogens is 350 g/mol. The summed E-state index contributed by atoms with van der Waals surface area (Å²) in [6.45, 7) is -0.0998. The van der Waals surface area contributed by atoms with Crippen LogP contribution in [0.3, 0.4) is 0 Å². The Morgan fingerprint density at radius 3 is 2.68 bits per heavy atom. The van der Waals surface area contributed by atoms with Crippen molar-refractivity contribution in [3.05, 3.63) is 33.6 Å². The van der Waals surface area contributed by atoms with Gasteiger partial charge in [-0.3, -0.25) is 10.1 Å². The highest BCUT2D eigenvalue weighted by Gasteiger charge is 2.43. The summed E-state index contributed by atoms with van der Waals surface area (Å²) in [6, 6.07) is 1.14. The number of carbonyl (C=O) groups excluding carboxylic acids is 1. The Labute approximate surface area is 139 Å². The number of benzene rings is 1. The van der Waals surface area contributed by atoms with E-state index in [-0.39, 0.29) is 25.6 Å². The number of primary amides is 1. The first-order chi connectivity index (χ1) is 11.6. The van der Waals surface area contributed by atoms with Gasteiger partial charge in [0, 0.05) is 25.1 Å². The molecule has 1 amide bonds. The molecule has 1 aromatic rings. The van der Waals surface area contributed by atoms with E-state index in [9.17, 15) is 32.5 Å². The molecule has 25 heavy (non-hydrogen) atoms. The maximum atomic E-state index is 13.8. The summed E-state index contributed by atoms with van der Waals surface area (Å²) >= 11 is 0. The van der Waals surface area contributed by atoms with Gasteiger partial charge < -0.3 is 15.4 Å². The van der Waals surface area contributed by atoms with Gasteiger partial charge in [-0.2, -0.15) is 13.2 Å². The number of nitro benzene ring substituents is 1. The first-order valence-electron chi connectivity index (χ1n) is 7.32. The molecule has 7 nitrogen and oxygen atoms in total. The van der Waals surface area contributed by atoms with Crippen LogP contribution in [0.4, 0.5) is 33.7 Å². The number of piperidine rings is 1. The molecule has 1 aliphatic heterocycles. The lowest BCUT2D eigenvalue weighted by Crippen LogP contribution is -2.39. The number of nitrogens with zero attached hydrogens (tertiary/aromatic N) is 2. The molecule has 1 atom stereocenters. The Hall–Kier alpha value is -2.59. The molecule has 2 N–H and O–H groups in total. The second-order valence-corrected chi connectivity index (χ2v) is 5.63. The average molecular weight is 365 g/mol. The summed E-state index contributed by atoms with van der Waals surface area (Å²) < 4.78 is 58.3. The van der Waals surface area contributed by atoms with E-state index in [1.807, 2.05) is 0 Å². The van der Waals surface area contributed by atoms with E-state index >= 15 is 0 Å². The van der Waals surface area contributed by atoms with Gasteiger partial charge >= 0.3 is 12.3 Å². The minimum atomic E-state index is -5.10. The summed E-state index contributed by atoms with van der Waals surface area (Å²) in [5, 5.41) is 11.2. The van der Waals surface area contributed by atoms with Crippen LogP contribution in [0.1, 0.15) is 18.4 Å². The zero-order chi connectivity index (χ0) is 18.8.